The number of aryl methyl sites for hydroxylation is 1. The first-order valence-corrected chi connectivity index (χ1v) is 9.68. The first-order chi connectivity index (χ1) is 12.9. The number of piperidine rings is 1. The minimum absolute atomic E-state index is 0.00102. The van der Waals surface area contributed by atoms with Crippen molar-refractivity contribution in [2.45, 2.75) is 52.7 Å². The number of likely N-dealkylation sites (tertiary alicyclic amines) is 1. The standard InChI is InChI=1S/C20H28N4O3/c1-4-23-16-7-5-6-8-17(16)24(20(23)27)13-18(25)21-15-9-11-22(12-10-15)19(26)14(2)3/h5-8,14-15H,4,9-13H2,1-3H3,(H,21,25). The van der Waals surface area contributed by atoms with Crippen LogP contribution >= 0.6 is 0 Å². The van der Waals surface area contributed by atoms with E-state index in [1.807, 2.05) is 49.9 Å². The molecule has 7 nitrogen and oxygen atoms in total. The molecule has 0 atom stereocenters. The Bertz CT molecular complexity index is 888. The molecule has 1 aromatic carbocycles. The quantitative estimate of drug-likeness (QED) is 0.866. The fourth-order valence-electron chi connectivity index (χ4n) is 3.76. The summed E-state index contributed by atoms with van der Waals surface area (Å²) >= 11 is 0. The van der Waals surface area contributed by atoms with Gasteiger partial charge in [-0.15, -0.1) is 0 Å². The third-order valence-corrected chi connectivity index (χ3v) is 5.21. The third kappa shape index (κ3) is 3.91. The van der Waals surface area contributed by atoms with Crippen molar-refractivity contribution in [2.24, 2.45) is 5.92 Å². The molecule has 3 rings (SSSR count). The predicted octanol–water partition coefficient (Wildman–Crippen LogP) is 1.59. The molecule has 1 aliphatic rings. The maximum atomic E-state index is 12.6. The maximum absolute atomic E-state index is 12.6. The number of fused-ring (bicyclic) bond motifs is 1. The molecular formula is C20H28N4O3. The van der Waals surface area contributed by atoms with Crippen LogP contribution in [0.1, 0.15) is 33.6 Å². The van der Waals surface area contributed by atoms with Gasteiger partial charge in [0.15, 0.2) is 0 Å². The lowest BCUT2D eigenvalue weighted by Crippen LogP contribution is -2.48. The molecule has 1 aromatic heterocycles. The molecule has 0 unspecified atom stereocenters. The van der Waals surface area contributed by atoms with Crippen LogP contribution in [-0.4, -0.2) is 45.0 Å². The van der Waals surface area contributed by atoms with Gasteiger partial charge in [0, 0.05) is 31.6 Å². The Hall–Kier alpha value is -2.57. The second kappa shape index (κ2) is 7.98. The molecule has 7 heteroatoms. The summed E-state index contributed by atoms with van der Waals surface area (Å²) in [5.74, 6) is 0.00217. The SMILES string of the molecule is CCn1c(=O)n(CC(=O)NC2CCN(C(=O)C(C)C)CC2)c2ccccc21. The van der Waals surface area contributed by atoms with Gasteiger partial charge < -0.3 is 10.2 Å². The van der Waals surface area contributed by atoms with Crippen LogP contribution in [-0.2, 0) is 22.7 Å². The molecular weight excluding hydrogens is 344 g/mol. The number of nitrogens with zero attached hydrogens (tertiary/aromatic N) is 3. The van der Waals surface area contributed by atoms with Gasteiger partial charge >= 0.3 is 5.69 Å². The number of carbonyl (C=O) groups is 2. The number of hydrogen-bond acceptors (Lipinski definition) is 3. The molecule has 2 aromatic rings. The van der Waals surface area contributed by atoms with Crippen LogP contribution in [0.3, 0.4) is 0 Å². The van der Waals surface area contributed by atoms with E-state index in [-0.39, 0.29) is 36.0 Å². The van der Waals surface area contributed by atoms with E-state index in [9.17, 15) is 14.4 Å². The molecule has 1 aliphatic heterocycles. The van der Waals surface area contributed by atoms with Crippen LogP contribution in [0.15, 0.2) is 29.1 Å². The average molecular weight is 372 g/mol. The van der Waals surface area contributed by atoms with Crippen LogP contribution in [0.5, 0.6) is 0 Å². The van der Waals surface area contributed by atoms with Crippen molar-refractivity contribution in [3.8, 4) is 0 Å². The van der Waals surface area contributed by atoms with E-state index in [1.165, 1.54) is 4.57 Å². The van der Waals surface area contributed by atoms with Gasteiger partial charge in [-0.2, -0.15) is 0 Å². The molecule has 2 amide bonds. The number of carbonyl (C=O) groups excluding carboxylic acids is 2. The number of imidazole rings is 1. The molecule has 0 saturated carbocycles. The lowest BCUT2D eigenvalue weighted by atomic mass is 10.0. The largest absolute Gasteiger partial charge is 0.352 e. The number of amides is 2. The van der Waals surface area contributed by atoms with E-state index in [1.54, 1.807) is 4.57 Å². The monoisotopic (exact) mass is 372 g/mol. The molecule has 1 N–H and O–H groups in total. The Morgan fingerprint density at radius 2 is 1.70 bits per heavy atom. The smallest absolute Gasteiger partial charge is 0.329 e. The Morgan fingerprint density at radius 3 is 2.26 bits per heavy atom. The first-order valence-electron chi connectivity index (χ1n) is 9.68. The molecule has 0 radical (unpaired) electrons. The van der Waals surface area contributed by atoms with Gasteiger partial charge in [-0.1, -0.05) is 26.0 Å². The Morgan fingerprint density at radius 1 is 1.11 bits per heavy atom. The Balaban J connectivity index is 1.64. The van der Waals surface area contributed by atoms with Crippen molar-refractivity contribution in [3.63, 3.8) is 0 Å². The minimum atomic E-state index is -0.162. The number of nitrogens with one attached hydrogen (secondary N) is 1. The highest BCUT2D eigenvalue weighted by Crippen LogP contribution is 2.15. The number of hydrogen-bond donors (Lipinski definition) is 1. The maximum Gasteiger partial charge on any atom is 0.329 e. The van der Waals surface area contributed by atoms with Crippen molar-refractivity contribution < 1.29 is 9.59 Å². The summed E-state index contributed by atoms with van der Waals surface area (Å²) in [6, 6.07) is 7.58. The van der Waals surface area contributed by atoms with Gasteiger partial charge in [0.2, 0.25) is 11.8 Å². The highest BCUT2D eigenvalue weighted by atomic mass is 16.2. The van der Waals surface area contributed by atoms with E-state index in [0.717, 1.165) is 23.9 Å². The van der Waals surface area contributed by atoms with Gasteiger partial charge in [0.1, 0.15) is 6.54 Å². The summed E-state index contributed by atoms with van der Waals surface area (Å²) in [5.41, 5.74) is 1.46. The summed E-state index contributed by atoms with van der Waals surface area (Å²) in [7, 11) is 0. The zero-order valence-corrected chi connectivity index (χ0v) is 16.3. The topological polar surface area (TPSA) is 76.3 Å². The number of aromatic nitrogens is 2. The second-order valence-corrected chi connectivity index (χ2v) is 7.42. The van der Waals surface area contributed by atoms with E-state index < -0.39 is 0 Å². The van der Waals surface area contributed by atoms with Crippen molar-refractivity contribution in [1.82, 2.24) is 19.4 Å². The molecule has 0 bridgehead atoms. The number of rotatable bonds is 5. The molecule has 1 saturated heterocycles. The zero-order chi connectivity index (χ0) is 19.6. The summed E-state index contributed by atoms with van der Waals surface area (Å²) in [5, 5.41) is 3.03. The van der Waals surface area contributed by atoms with E-state index in [2.05, 4.69) is 5.32 Å². The summed E-state index contributed by atoms with van der Waals surface area (Å²) in [6.07, 6.45) is 1.49. The predicted molar refractivity (Wildman–Crippen MR) is 104 cm³/mol. The third-order valence-electron chi connectivity index (χ3n) is 5.21. The highest BCUT2D eigenvalue weighted by Gasteiger charge is 2.25. The number of para-hydroxylation sites is 2. The molecule has 1 fully saturated rings. The molecule has 27 heavy (non-hydrogen) atoms. The summed E-state index contributed by atoms with van der Waals surface area (Å²) < 4.78 is 3.21. The van der Waals surface area contributed by atoms with Gasteiger partial charge in [0.05, 0.1) is 11.0 Å². The fourth-order valence-corrected chi connectivity index (χ4v) is 3.76. The average Bonchev–Trinajstić information content (AvgIpc) is 2.93. The fraction of sp³-hybridized carbons (Fsp3) is 0.550. The van der Waals surface area contributed by atoms with Crippen LogP contribution in [0, 0.1) is 5.92 Å². The van der Waals surface area contributed by atoms with Crippen molar-refractivity contribution in [2.75, 3.05) is 13.1 Å². The lowest BCUT2D eigenvalue weighted by Gasteiger charge is -2.33. The highest BCUT2D eigenvalue weighted by molar-refractivity contribution is 5.81. The van der Waals surface area contributed by atoms with Crippen LogP contribution in [0.4, 0.5) is 0 Å². The van der Waals surface area contributed by atoms with Gasteiger partial charge in [-0.3, -0.25) is 18.7 Å². The van der Waals surface area contributed by atoms with E-state index >= 15 is 0 Å². The van der Waals surface area contributed by atoms with E-state index in [4.69, 9.17) is 0 Å². The molecule has 0 spiro atoms. The lowest BCUT2D eigenvalue weighted by molar-refractivity contribution is -0.135. The normalized spacial score (nSPS) is 15.5. The van der Waals surface area contributed by atoms with E-state index in [0.29, 0.717) is 19.6 Å². The van der Waals surface area contributed by atoms with Crippen LogP contribution in [0.25, 0.3) is 11.0 Å². The second-order valence-electron chi connectivity index (χ2n) is 7.42. The summed E-state index contributed by atoms with van der Waals surface area (Å²) in [6.45, 7) is 7.63. The summed E-state index contributed by atoms with van der Waals surface area (Å²) in [4.78, 5) is 39.1. The molecule has 0 aliphatic carbocycles. The Labute approximate surface area is 158 Å². The van der Waals surface area contributed by atoms with Crippen LogP contribution in [0.2, 0.25) is 0 Å². The van der Waals surface area contributed by atoms with Crippen molar-refractivity contribution in [3.05, 3.63) is 34.7 Å². The van der Waals surface area contributed by atoms with Gasteiger partial charge in [-0.05, 0) is 31.9 Å². The van der Waals surface area contributed by atoms with Gasteiger partial charge in [0.25, 0.3) is 0 Å². The molecule has 2 heterocycles. The van der Waals surface area contributed by atoms with Gasteiger partial charge in [-0.25, -0.2) is 4.79 Å². The first kappa shape index (κ1) is 19.2. The van der Waals surface area contributed by atoms with Crippen LogP contribution < -0.4 is 11.0 Å². The number of benzene rings is 1. The minimum Gasteiger partial charge on any atom is -0.352 e. The molecule has 146 valence electrons. The van der Waals surface area contributed by atoms with Crippen molar-refractivity contribution >= 4 is 22.8 Å². The van der Waals surface area contributed by atoms with Crippen molar-refractivity contribution in [1.29, 1.82) is 0 Å². The zero-order valence-electron chi connectivity index (χ0n) is 16.3. The Kier molecular flexibility index (Phi) is 5.68.